The van der Waals surface area contributed by atoms with E-state index in [1.165, 1.54) is 18.7 Å². The summed E-state index contributed by atoms with van der Waals surface area (Å²) in [4.78, 5) is 18.2. The second kappa shape index (κ2) is 22.8. The largest absolute Gasteiger partial charge is 0.459 e. The lowest BCUT2D eigenvalue weighted by Crippen LogP contribution is -2.61. The predicted octanol–water partition coefficient (Wildman–Crippen LogP) is 3.57. The first kappa shape index (κ1) is 55.3. The Balaban J connectivity index is 1.71. The molecular weight excluding hydrogens is 860 g/mol. The lowest BCUT2D eigenvalue weighted by atomic mass is 9.77. The molecule has 5 N–H and O–H groups in total. The number of nitrogens with zero attached hydrogens (tertiary/aromatic N) is 5. The molecule has 0 amide bonds. The number of allylic oxidation sites excluding steroid dienone is 1. The third-order valence-electron chi connectivity index (χ3n) is 14.2. The van der Waals surface area contributed by atoms with Crippen LogP contribution in [0.15, 0.2) is 18.1 Å². The Morgan fingerprint density at radius 2 is 1.66 bits per heavy atom. The van der Waals surface area contributed by atoms with E-state index in [0.717, 1.165) is 0 Å². The molecule has 0 aromatic carbocycles. The zero-order valence-corrected chi connectivity index (χ0v) is 40.6. The second-order valence-electron chi connectivity index (χ2n) is 19.8. The van der Waals surface area contributed by atoms with E-state index in [-0.39, 0.29) is 31.7 Å². The smallest absolute Gasteiger partial charge is 0.311 e. The molecule has 3 fully saturated rings. The van der Waals surface area contributed by atoms with Crippen molar-refractivity contribution < 1.29 is 71.9 Å². The fourth-order valence-corrected chi connectivity index (χ4v) is 9.99. The summed E-state index contributed by atoms with van der Waals surface area (Å²) < 4.78 is 77.7. The zero-order chi connectivity index (χ0) is 48.9. The van der Waals surface area contributed by atoms with Crippen LogP contribution in [0.2, 0.25) is 0 Å². The number of carbonyl (C=O) groups excluding carboxylic acids is 1. The molecule has 4 rings (SSSR count). The summed E-state index contributed by atoms with van der Waals surface area (Å²) in [5, 5.41) is 67.2. The van der Waals surface area contributed by atoms with Crippen molar-refractivity contribution in [3.05, 3.63) is 23.8 Å². The van der Waals surface area contributed by atoms with Gasteiger partial charge in [0.1, 0.15) is 30.0 Å². The molecule has 1 aromatic heterocycles. The molecular formula is C45H78F3N5O12. The third-order valence-corrected chi connectivity index (χ3v) is 14.2. The number of esters is 1. The standard InChI is InChI=1S/C45H78F3N5O12/c1-14-33-45(10,59)37(55)28(6)52(12)22-24(2)20-43(8,58)39(26(4)36(27(5)41(57)63-33)64-34-21-44(9,60-13)38(56)29(7)62-34)65-42-35(54)32(19-25(3)61-42)51(11)17-15-30-23-53(50-49-30)18-16-31(46)40(47)48/h23-29,32-39,42,54-56,58-59H,14-22H2,1-13H3/t24-,25-,26+,27-,28-,29+,32+,33-,34+,35-,36+,37-,38+,39-,42+,43-,44-,45-/m1/s1. The van der Waals surface area contributed by atoms with Gasteiger partial charge in [-0.05, 0) is 87.7 Å². The van der Waals surface area contributed by atoms with Crippen molar-refractivity contribution in [1.82, 2.24) is 24.8 Å². The van der Waals surface area contributed by atoms with Gasteiger partial charge in [-0.15, -0.1) is 5.10 Å². The summed E-state index contributed by atoms with van der Waals surface area (Å²) >= 11 is 0. The Labute approximate surface area is 382 Å². The van der Waals surface area contributed by atoms with Gasteiger partial charge < -0.3 is 63.8 Å². The van der Waals surface area contributed by atoms with Gasteiger partial charge in [0.15, 0.2) is 18.4 Å². The minimum atomic E-state index is -2.36. The van der Waals surface area contributed by atoms with Crippen molar-refractivity contribution in [2.24, 2.45) is 17.8 Å². The maximum Gasteiger partial charge on any atom is 0.311 e. The number of rotatable bonds is 13. The molecule has 3 saturated heterocycles. The lowest BCUT2D eigenvalue weighted by Gasteiger charge is -2.49. The van der Waals surface area contributed by atoms with Crippen molar-refractivity contribution in [2.75, 3.05) is 34.3 Å². The van der Waals surface area contributed by atoms with Gasteiger partial charge in [-0.25, -0.2) is 4.39 Å². The minimum Gasteiger partial charge on any atom is -0.459 e. The first-order valence-corrected chi connectivity index (χ1v) is 23.0. The highest BCUT2D eigenvalue weighted by molar-refractivity contribution is 5.73. The minimum absolute atomic E-state index is 0.0724. The summed E-state index contributed by atoms with van der Waals surface area (Å²) in [6, 6.07) is -1.11. The van der Waals surface area contributed by atoms with E-state index in [2.05, 4.69) is 10.3 Å². The van der Waals surface area contributed by atoms with E-state index < -0.39 is 126 Å². The Hall–Kier alpha value is -2.34. The number of hydrogen-bond acceptors (Lipinski definition) is 16. The second-order valence-corrected chi connectivity index (χ2v) is 19.8. The summed E-state index contributed by atoms with van der Waals surface area (Å²) in [5.74, 6) is -4.43. The monoisotopic (exact) mass is 938 g/mol. The molecule has 17 nitrogen and oxygen atoms in total. The van der Waals surface area contributed by atoms with Crippen LogP contribution in [0, 0.1) is 17.8 Å². The van der Waals surface area contributed by atoms with Gasteiger partial charge in [0.2, 0.25) is 0 Å². The quantitative estimate of drug-likeness (QED) is 0.179. The zero-order valence-electron chi connectivity index (χ0n) is 40.6. The number of aliphatic hydroxyl groups is 5. The van der Waals surface area contributed by atoms with Crippen LogP contribution >= 0.6 is 0 Å². The maximum absolute atomic E-state index is 14.4. The van der Waals surface area contributed by atoms with Crippen molar-refractivity contribution in [3.63, 3.8) is 0 Å². The fraction of sp³-hybridized carbons (Fsp3) is 0.889. The molecule has 3 aliphatic heterocycles. The highest BCUT2D eigenvalue weighted by Crippen LogP contribution is 2.40. The normalized spacial score (nSPS) is 42.0. The number of halogens is 3. The summed E-state index contributed by atoms with van der Waals surface area (Å²) in [6.45, 7) is 17.9. The summed E-state index contributed by atoms with van der Waals surface area (Å²) in [5.41, 5.74) is -4.08. The van der Waals surface area contributed by atoms with Crippen LogP contribution in [-0.2, 0) is 46.2 Å². The molecule has 0 aliphatic carbocycles. The number of methoxy groups -OCH3 is 1. The van der Waals surface area contributed by atoms with Crippen molar-refractivity contribution >= 4 is 5.97 Å². The highest BCUT2D eigenvalue weighted by Gasteiger charge is 2.53. The van der Waals surface area contributed by atoms with Crippen LogP contribution in [0.5, 0.6) is 0 Å². The van der Waals surface area contributed by atoms with Gasteiger partial charge in [-0.1, -0.05) is 26.0 Å². The summed E-state index contributed by atoms with van der Waals surface area (Å²) in [7, 11) is 5.11. The van der Waals surface area contributed by atoms with Gasteiger partial charge in [0.05, 0.1) is 47.2 Å². The van der Waals surface area contributed by atoms with Crippen LogP contribution in [0.1, 0.15) is 107 Å². The Morgan fingerprint density at radius 3 is 2.28 bits per heavy atom. The van der Waals surface area contributed by atoms with Crippen LogP contribution in [0.4, 0.5) is 13.2 Å². The number of aliphatic hydroxyl groups excluding tert-OH is 3. The molecule has 0 bridgehead atoms. The molecule has 0 saturated carbocycles. The van der Waals surface area contributed by atoms with E-state index in [0.29, 0.717) is 31.6 Å². The van der Waals surface area contributed by atoms with Crippen molar-refractivity contribution in [1.29, 1.82) is 0 Å². The van der Waals surface area contributed by atoms with Crippen LogP contribution in [0.25, 0.3) is 0 Å². The number of aromatic nitrogens is 3. The number of aryl methyl sites for hydroxylation is 1. The predicted molar refractivity (Wildman–Crippen MR) is 232 cm³/mol. The van der Waals surface area contributed by atoms with E-state index in [4.69, 9.17) is 28.4 Å². The van der Waals surface area contributed by atoms with Gasteiger partial charge in [0, 0.05) is 70.2 Å². The fourth-order valence-electron chi connectivity index (χ4n) is 9.99. The lowest BCUT2D eigenvalue weighted by molar-refractivity contribution is -0.318. The molecule has 1 aromatic rings. The topological polar surface area (TPSA) is 211 Å². The molecule has 18 atom stereocenters. The van der Waals surface area contributed by atoms with Gasteiger partial charge in [-0.3, -0.25) is 9.48 Å². The van der Waals surface area contributed by atoms with E-state index >= 15 is 0 Å². The molecule has 0 spiro atoms. The van der Waals surface area contributed by atoms with E-state index in [1.807, 2.05) is 30.7 Å². The molecule has 376 valence electrons. The number of ether oxygens (including phenoxy) is 6. The molecule has 0 radical (unpaired) electrons. The van der Waals surface area contributed by atoms with Gasteiger partial charge in [0.25, 0.3) is 0 Å². The molecule has 4 heterocycles. The van der Waals surface area contributed by atoms with E-state index in [1.54, 1.807) is 61.7 Å². The molecule has 3 aliphatic rings. The van der Waals surface area contributed by atoms with Crippen molar-refractivity contribution in [2.45, 2.75) is 205 Å². The number of likely N-dealkylation sites (N-methyl/N-ethyl adjacent to an activating group) is 2. The van der Waals surface area contributed by atoms with Gasteiger partial charge in [-0.2, -0.15) is 8.78 Å². The van der Waals surface area contributed by atoms with Crippen LogP contribution < -0.4 is 0 Å². The third kappa shape index (κ3) is 13.5. The average Bonchev–Trinajstić information content (AvgIpc) is 3.70. The van der Waals surface area contributed by atoms with Crippen molar-refractivity contribution in [3.8, 4) is 0 Å². The highest BCUT2D eigenvalue weighted by atomic mass is 19.3. The number of hydrogen-bond donors (Lipinski definition) is 5. The van der Waals surface area contributed by atoms with E-state index in [9.17, 15) is 43.5 Å². The summed E-state index contributed by atoms with van der Waals surface area (Å²) in [6.07, 6.45) is -10.6. The van der Waals surface area contributed by atoms with Crippen LogP contribution in [0.3, 0.4) is 0 Å². The average molecular weight is 938 g/mol. The Kier molecular flexibility index (Phi) is 19.4. The van der Waals surface area contributed by atoms with Gasteiger partial charge >= 0.3 is 12.0 Å². The first-order chi connectivity index (χ1) is 30.2. The molecule has 0 unspecified atom stereocenters. The SMILES string of the molecule is CC[C@H]1OC(=O)[C@H](C)[C@@H](O[C@H]2C[C@@](C)(OC)[C@@H](O)[C@H](C)O2)[C@H](C)[C@@H](O[C@@H]2O[C@H](C)C[C@H](N(C)CCc3cn(CCC(F)=C(F)F)nn3)[C@H]2O)[C@](C)(O)C[C@@H](C)CN(C)[C@H](C)[C@@H](O)[C@]1(C)O. The Bertz CT molecular complexity index is 1710. The molecule has 65 heavy (non-hydrogen) atoms. The Morgan fingerprint density at radius 1 is 1.00 bits per heavy atom. The number of carbonyl (C=O) groups is 1. The van der Waals surface area contributed by atoms with Crippen LogP contribution in [-0.4, -0.2) is 181 Å². The number of cyclic esters (lactones) is 1. The maximum atomic E-state index is 14.4. The molecule has 20 heteroatoms. The first-order valence-electron chi connectivity index (χ1n) is 23.0.